The fourth-order valence-electron chi connectivity index (χ4n) is 2.36. The van der Waals surface area contributed by atoms with Gasteiger partial charge < -0.3 is 9.84 Å². The Bertz CT molecular complexity index is 605. The van der Waals surface area contributed by atoms with Crippen molar-refractivity contribution in [1.29, 1.82) is 0 Å². The van der Waals surface area contributed by atoms with Crippen molar-refractivity contribution in [2.45, 2.75) is 32.6 Å². The van der Waals surface area contributed by atoms with E-state index < -0.39 is 5.97 Å². The molecule has 3 nitrogen and oxygen atoms in total. The van der Waals surface area contributed by atoms with E-state index in [1.807, 2.05) is 48.5 Å². The predicted octanol–water partition coefficient (Wildman–Crippen LogP) is 4.55. The van der Waals surface area contributed by atoms with Crippen LogP contribution in [-0.2, 0) is 11.2 Å². The van der Waals surface area contributed by atoms with Crippen LogP contribution in [0.1, 0.15) is 31.7 Å². The Kier molecular flexibility index (Phi) is 6.01. The monoisotopic (exact) mass is 298 g/mol. The Morgan fingerprint density at radius 1 is 1.05 bits per heavy atom. The number of ether oxygens (including phenoxy) is 1. The van der Waals surface area contributed by atoms with Crippen molar-refractivity contribution in [3.63, 3.8) is 0 Å². The van der Waals surface area contributed by atoms with Crippen LogP contribution in [-0.4, -0.2) is 17.7 Å². The maximum absolute atomic E-state index is 11.0. The van der Waals surface area contributed by atoms with Gasteiger partial charge in [0.05, 0.1) is 13.0 Å². The maximum Gasteiger partial charge on any atom is 0.307 e. The number of unbranched alkanes of at least 4 members (excludes halogenated alkanes) is 2. The van der Waals surface area contributed by atoms with E-state index in [0.29, 0.717) is 6.61 Å². The Balaban J connectivity index is 2.22. The van der Waals surface area contributed by atoms with Gasteiger partial charge in [-0.15, -0.1) is 0 Å². The SMILES string of the molecule is CCCCCOc1cc(CC(=O)O)cc(-c2ccccc2)c1. The van der Waals surface area contributed by atoms with Crippen molar-refractivity contribution < 1.29 is 14.6 Å². The van der Waals surface area contributed by atoms with Crippen LogP contribution in [0, 0.1) is 0 Å². The molecule has 0 radical (unpaired) electrons. The summed E-state index contributed by atoms with van der Waals surface area (Å²) < 4.78 is 5.80. The van der Waals surface area contributed by atoms with Crippen molar-refractivity contribution in [1.82, 2.24) is 0 Å². The Morgan fingerprint density at radius 3 is 2.50 bits per heavy atom. The van der Waals surface area contributed by atoms with Gasteiger partial charge in [0, 0.05) is 0 Å². The highest BCUT2D eigenvalue weighted by Gasteiger charge is 2.07. The van der Waals surface area contributed by atoms with E-state index in [1.165, 1.54) is 0 Å². The molecule has 0 aliphatic heterocycles. The van der Waals surface area contributed by atoms with Gasteiger partial charge in [-0.05, 0) is 35.2 Å². The van der Waals surface area contributed by atoms with E-state index in [9.17, 15) is 4.79 Å². The normalized spacial score (nSPS) is 10.4. The second-order valence-electron chi connectivity index (χ2n) is 5.36. The second kappa shape index (κ2) is 8.23. The maximum atomic E-state index is 11.0. The van der Waals surface area contributed by atoms with E-state index in [4.69, 9.17) is 9.84 Å². The van der Waals surface area contributed by atoms with E-state index in [0.717, 1.165) is 41.7 Å². The minimum Gasteiger partial charge on any atom is -0.494 e. The lowest BCUT2D eigenvalue weighted by Gasteiger charge is -2.11. The van der Waals surface area contributed by atoms with Crippen LogP contribution in [0.25, 0.3) is 11.1 Å². The van der Waals surface area contributed by atoms with Crippen molar-refractivity contribution in [3.8, 4) is 16.9 Å². The smallest absolute Gasteiger partial charge is 0.307 e. The number of carboxylic acid groups (broad SMARTS) is 1. The molecule has 2 aromatic rings. The third kappa shape index (κ3) is 4.92. The van der Waals surface area contributed by atoms with Gasteiger partial charge >= 0.3 is 5.97 Å². The summed E-state index contributed by atoms with van der Waals surface area (Å²) in [6.07, 6.45) is 3.31. The highest BCUT2D eigenvalue weighted by atomic mass is 16.5. The predicted molar refractivity (Wildman–Crippen MR) is 88.2 cm³/mol. The number of benzene rings is 2. The summed E-state index contributed by atoms with van der Waals surface area (Å²) in [4.78, 5) is 11.0. The van der Waals surface area contributed by atoms with Gasteiger partial charge in [-0.3, -0.25) is 4.79 Å². The molecule has 1 N–H and O–H groups in total. The molecule has 0 saturated heterocycles. The molecule has 2 rings (SSSR count). The molecule has 0 heterocycles. The summed E-state index contributed by atoms with van der Waals surface area (Å²) in [5, 5.41) is 9.02. The van der Waals surface area contributed by atoms with Crippen molar-refractivity contribution in [2.24, 2.45) is 0 Å². The quantitative estimate of drug-likeness (QED) is 0.727. The minimum atomic E-state index is -0.831. The Hall–Kier alpha value is -2.29. The van der Waals surface area contributed by atoms with Gasteiger partial charge in [0.2, 0.25) is 0 Å². The lowest BCUT2D eigenvalue weighted by molar-refractivity contribution is -0.136. The number of carbonyl (C=O) groups is 1. The average molecular weight is 298 g/mol. The molecule has 116 valence electrons. The first kappa shape index (κ1) is 16.1. The van der Waals surface area contributed by atoms with E-state index >= 15 is 0 Å². The number of hydrogen-bond acceptors (Lipinski definition) is 2. The van der Waals surface area contributed by atoms with Crippen LogP contribution in [0.15, 0.2) is 48.5 Å². The molecule has 22 heavy (non-hydrogen) atoms. The Morgan fingerprint density at radius 2 is 1.82 bits per heavy atom. The standard InChI is InChI=1S/C19H22O3/c1-2-3-7-10-22-18-12-15(13-19(20)21)11-17(14-18)16-8-5-4-6-9-16/h4-6,8-9,11-12,14H,2-3,7,10,13H2,1H3,(H,20,21). The summed E-state index contributed by atoms with van der Waals surface area (Å²) in [6.45, 7) is 2.82. The zero-order valence-electron chi connectivity index (χ0n) is 12.9. The fourth-order valence-corrected chi connectivity index (χ4v) is 2.36. The van der Waals surface area contributed by atoms with Crippen molar-refractivity contribution in [2.75, 3.05) is 6.61 Å². The van der Waals surface area contributed by atoms with Gasteiger partial charge in [0.25, 0.3) is 0 Å². The molecule has 0 aliphatic carbocycles. The largest absolute Gasteiger partial charge is 0.494 e. The van der Waals surface area contributed by atoms with Gasteiger partial charge in [-0.25, -0.2) is 0 Å². The third-order valence-electron chi connectivity index (χ3n) is 3.45. The molecular weight excluding hydrogens is 276 g/mol. The molecule has 0 aliphatic rings. The van der Waals surface area contributed by atoms with Crippen molar-refractivity contribution >= 4 is 5.97 Å². The fraction of sp³-hybridized carbons (Fsp3) is 0.316. The van der Waals surface area contributed by atoms with Crippen LogP contribution in [0.3, 0.4) is 0 Å². The highest BCUT2D eigenvalue weighted by Crippen LogP contribution is 2.26. The molecule has 0 spiro atoms. The molecule has 0 fully saturated rings. The number of rotatable bonds is 8. The van der Waals surface area contributed by atoms with Crippen LogP contribution in [0.5, 0.6) is 5.75 Å². The zero-order valence-corrected chi connectivity index (χ0v) is 12.9. The molecule has 0 aromatic heterocycles. The lowest BCUT2D eigenvalue weighted by Crippen LogP contribution is -2.02. The van der Waals surface area contributed by atoms with Gasteiger partial charge in [0.1, 0.15) is 5.75 Å². The highest BCUT2D eigenvalue weighted by molar-refractivity contribution is 5.73. The van der Waals surface area contributed by atoms with Crippen LogP contribution in [0.2, 0.25) is 0 Å². The molecule has 0 unspecified atom stereocenters. The summed E-state index contributed by atoms with van der Waals surface area (Å²) in [5.74, 6) is -0.0872. The summed E-state index contributed by atoms with van der Waals surface area (Å²) in [7, 11) is 0. The van der Waals surface area contributed by atoms with Gasteiger partial charge in [0.15, 0.2) is 0 Å². The first-order chi connectivity index (χ1) is 10.7. The third-order valence-corrected chi connectivity index (χ3v) is 3.45. The second-order valence-corrected chi connectivity index (χ2v) is 5.36. The molecule has 2 aromatic carbocycles. The topological polar surface area (TPSA) is 46.5 Å². The molecular formula is C19H22O3. The average Bonchev–Trinajstić information content (AvgIpc) is 2.52. The summed E-state index contributed by atoms with van der Waals surface area (Å²) in [5.41, 5.74) is 2.82. The van der Waals surface area contributed by atoms with E-state index in [1.54, 1.807) is 0 Å². The minimum absolute atomic E-state index is 0.00595. The van der Waals surface area contributed by atoms with Crippen LogP contribution in [0.4, 0.5) is 0 Å². The first-order valence-electron chi connectivity index (χ1n) is 7.73. The molecule has 0 amide bonds. The first-order valence-corrected chi connectivity index (χ1v) is 7.73. The lowest BCUT2D eigenvalue weighted by atomic mass is 10.0. The van der Waals surface area contributed by atoms with Crippen molar-refractivity contribution in [3.05, 3.63) is 54.1 Å². The van der Waals surface area contributed by atoms with Gasteiger partial charge in [-0.1, -0.05) is 56.2 Å². The molecule has 0 atom stereocenters. The number of hydrogen-bond donors (Lipinski definition) is 1. The van der Waals surface area contributed by atoms with E-state index in [2.05, 4.69) is 6.92 Å². The molecule has 0 saturated carbocycles. The summed E-state index contributed by atoms with van der Waals surface area (Å²) in [6, 6.07) is 15.7. The Labute approximate surface area is 131 Å². The number of carboxylic acids is 1. The number of aliphatic carboxylic acids is 1. The zero-order chi connectivity index (χ0) is 15.8. The molecule has 0 bridgehead atoms. The molecule has 3 heteroatoms. The van der Waals surface area contributed by atoms with Crippen LogP contribution >= 0.6 is 0 Å². The van der Waals surface area contributed by atoms with Crippen LogP contribution < -0.4 is 4.74 Å². The van der Waals surface area contributed by atoms with Gasteiger partial charge in [-0.2, -0.15) is 0 Å². The van der Waals surface area contributed by atoms with E-state index in [-0.39, 0.29) is 6.42 Å². The summed E-state index contributed by atoms with van der Waals surface area (Å²) >= 11 is 0.